The minimum absolute atomic E-state index is 0.0228. The van der Waals surface area contributed by atoms with Gasteiger partial charge in [0, 0.05) is 42.3 Å². The lowest BCUT2D eigenvalue weighted by Crippen LogP contribution is -2.37. The predicted molar refractivity (Wildman–Crippen MR) is 96.6 cm³/mol. The number of hydrogen-bond acceptors (Lipinski definition) is 4. The van der Waals surface area contributed by atoms with Crippen LogP contribution < -0.4 is 21.8 Å². The molecule has 25 heavy (non-hydrogen) atoms. The molecule has 4 rings (SSSR count). The molecule has 2 heterocycles. The topological polar surface area (TPSA) is 89.8 Å². The van der Waals surface area contributed by atoms with Gasteiger partial charge in [-0.1, -0.05) is 12.1 Å². The highest BCUT2D eigenvalue weighted by atomic mass is 16.1. The molecular weight excluding hydrogens is 316 g/mol. The third-order valence-electron chi connectivity index (χ3n) is 5.36. The summed E-state index contributed by atoms with van der Waals surface area (Å²) >= 11 is 0. The summed E-state index contributed by atoms with van der Waals surface area (Å²) in [6.45, 7) is 0.701. The van der Waals surface area contributed by atoms with Gasteiger partial charge in [0.2, 0.25) is 11.1 Å². The van der Waals surface area contributed by atoms with E-state index in [0.717, 1.165) is 49.9 Å². The van der Waals surface area contributed by atoms with Crippen LogP contribution in [0.5, 0.6) is 0 Å². The summed E-state index contributed by atoms with van der Waals surface area (Å²) in [6.07, 6.45) is 6.21. The van der Waals surface area contributed by atoms with E-state index in [1.54, 1.807) is 12.1 Å². The molecule has 0 fully saturated rings. The highest BCUT2D eigenvalue weighted by Gasteiger charge is 2.23. The predicted octanol–water partition coefficient (Wildman–Crippen LogP) is 1.65. The monoisotopic (exact) mass is 340 g/mol. The first-order chi connectivity index (χ1) is 12.2. The fraction of sp³-hybridized carbons (Fsp3) is 0.474. The van der Waals surface area contributed by atoms with Crippen molar-refractivity contribution in [2.75, 3.05) is 6.67 Å². The smallest absolute Gasteiger partial charge is 0.248 e. The molecule has 6 nitrogen and oxygen atoms in total. The van der Waals surface area contributed by atoms with Gasteiger partial charge in [-0.15, -0.1) is 0 Å². The van der Waals surface area contributed by atoms with Gasteiger partial charge in [0.15, 0.2) is 0 Å². The fourth-order valence-corrected chi connectivity index (χ4v) is 4.13. The van der Waals surface area contributed by atoms with Crippen molar-refractivity contribution in [2.45, 2.75) is 50.6 Å². The van der Waals surface area contributed by atoms with Crippen LogP contribution in [0.15, 0.2) is 33.9 Å². The average molecular weight is 340 g/mol. The maximum absolute atomic E-state index is 11.5. The molecule has 132 valence electrons. The minimum Gasteiger partial charge on any atom is -0.326 e. The Hall–Kier alpha value is -2.18. The van der Waals surface area contributed by atoms with Gasteiger partial charge in [-0.3, -0.25) is 20.2 Å². The lowest BCUT2D eigenvalue weighted by Gasteiger charge is -2.29. The molecule has 0 bridgehead atoms. The van der Waals surface area contributed by atoms with E-state index in [2.05, 4.69) is 20.6 Å². The number of hydrogen-bond donors (Lipinski definition) is 4. The van der Waals surface area contributed by atoms with Crippen molar-refractivity contribution in [1.82, 2.24) is 20.6 Å². The molecule has 2 aromatic rings. The van der Waals surface area contributed by atoms with E-state index in [9.17, 15) is 9.59 Å². The standard InChI is InChI=1S/C19H24N4O2/c24-18-9-7-12-14(3-1-5-16(12)22-18)20-11-21-15-4-2-6-17-13(15)8-10-19(25)23-17/h7-10,14-15,20-21H,1-6,11H2,(H,22,24)(H,23,25)/t14-,15?/m0/s1. The van der Waals surface area contributed by atoms with E-state index in [1.807, 2.05) is 12.1 Å². The van der Waals surface area contributed by atoms with Crippen molar-refractivity contribution >= 4 is 0 Å². The summed E-state index contributed by atoms with van der Waals surface area (Å²) in [7, 11) is 0. The van der Waals surface area contributed by atoms with E-state index in [4.69, 9.17) is 0 Å². The number of aromatic amines is 2. The Kier molecular flexibility index (Phi) is 4.55. The van der Waals surface area contributed by atoms with Crippen LogP contribution in [0.25, 0.3) is 0 Å². The summed E-state index contributed by atoms with van der Waals surface area (Å²) in [4.78, 5) is 28.9. The Morgan fingerprint density at radius 2 is 1.28 bits per heavy atom. The zero-order chi connectivity index (χ0) is 17.2. The number of aryl methyl sites for hydroxylation is 2. The van der Waals surface area contributed by atoms with Crippen molar-refractivity contribution in [3.8, 4) is 0 Å². The van der Waals surface area contributed by atoms with Crippen molar-refractivity contribution < 1.29 is 0 Å². The maximum Gasteiger partial charge on any atom is 0.248 e. The van der Waals surface area contributed by atoms with E-state index in [-0.39, 0.29) is 23.2 Å². The van der Waals surface area contributed by atoms with Crippen molar-refractivity contribution in [3.05, 3.63) is 67.5 Å². The molecule has 6 heteroatoms. The summed E-state index contributed by atoms with van der Waals surface area (Å²) in [6, 6.07) is 7.66. The Morgan fingerprint density at radius 3 is 1.76 bits per heavy atom. The molecular formula is C19H24N4O2. The third-order valence-corrected chi connectivity index (χ3v) is 5.36. The van der Waals surface area contributed by atoms with Crippen LogP contribution in [0.4, 0.5) is 0 Å². The lowest BCUT2D eigenvalue weighted by molar-refractivity contribution is 0.386. The molecule has 0 amide bonds. The molecule has 2 aliphatic carbocycles. The fourth-order valence-electron chi connectivity index (χ4n) is 4.13. The van der Waals surface area contributed by atoms with Gasteiger partial charge in [0.05, 0.1) is 0 Å². The van der Waals surface area contributed by atoms with Gasteiger partial charge in [-0.25, -0.2) is 0 Å². The van der Waals surface area contributed by atoms with Gasteiger partial charge < -0.3 is 9.97 Å². The summed E-state index contributed by atoms with van der Waals surface area (Å²) in [5.74, 6) is 0. The molecule has 0 aromatic carbocycles. The molecule has 0 aliphatic heterocycles. The Morgan fingerprint density at radius 1 is 0.800 bits per heavy atom. The van der Waals surface area contributed by atoms with E-state index in [1.165, 1.54) is 11.1 Å². The van der Waals surface area contributed by atoms with Gasteiger partial charge in [0.25, 0.3) is 0 Å². The maximum atomic E-state index is 11.5. The Bertz CT molecular complexity index is 799. The normalized spacial score (nSPS) is 22.2. The number of nitrogens with one attached hydrogen (secondary N) is 4. The Balaban J connectivity index is 1.41. The first kappa shape index (κ1) is 16.3. The second kappa shape index (κ2) is 6.98. The molecule has 2 atom stereocenters. The second-order valence-electron chi connectivity index (χ2n) is 6.99. The second-order valence-corrected chi connectivity index (χ2v) is 6.99. The first-order valence-corrected chi connectivity index (χ1v) is 9.12. The van der Waals surface area contributed by atoms with Gasteiger partial charge >= 0.3 is 0 Å². The number of aromatic nitrogens is 2. The van der Waals surface area contributed by atoms with Crippen molar-refractivity contribution in [1.29, 1.82) is 0 Å². The van der Waals surface area contributed by atoms with Crippen LogP contribution in [-0.4, -0.2) is 16.6 Å². The minimum atomic E-state index is -0.0228. The Labute approximate surface area is 146 Å². The molecule has 1 unspecified atom stereocenters. The number of pyridine rings is 2. The van der Waals surface area contributed by atoms with Gasteiger partial charge in [-0.05, 0) is 49.7 Å². The molecule has 0 radical (unpaired) electrons. The van der Waals surface area contributed by atoms with Crippen LogP contribution in [-0.2, 0) is 12.8 Å². The molecule has 2 aliphatic rings. The summed E-state index contributed by atoms with van der Waals surface area (Å²) < 4.78 is 0. The van der Waals surface area contributed by atoms with Crippen LogP contribution in [0.3, 0.4) is 0 Å². The number of H-pyrrole nitrogens is 2. The van der Waals surface area contributed by atoms with E-state index in [0.29, 0.717) is 6.67 Å². The van der Waals surface area contributed by atoms with E-state index < -0.39 is 0 Å². The SMILES string of the molecule is O=c1ccc2c([nH]1)CCCC2NCN[C@H]1CCCc2[nH]c(=O)ccc21. The van der Waals surface area contributed by atoms with Crippen LogP contribution in [0, 0.1) is 0 Å². The molecule has 2 aromatic heterocycles. The lowest BCUT2D eigenvalue weighted by atomic mass is 9.91. The summed E-state index contributed by atoms with van der Waals surface area (Å²) in [5.41, 5.74) is 4.51. The summed E-state index contributed by atoms with van der Waals surface area (Å²) in [5, 5.41) is 7.16. The number of rotatable bonds is 4. The molecule has 4 N–H and O–H groups in total. The zero-order valence-corrected chi connectivity index (χ0v) is 14.2. The highest BCUT2D eigenvalue weighted by Crippen LogP contribution is 2.29. The zero-order valence-electron chi connectivity index (χ0n) is 14.2. The average Bonchev–Trinajstić information content (AvgIpc) is 2.61. The molecule has 0 saturated heterocycles. The van der Waals surface area contributed by atoms with Gasteiger partial charge in [-0.2, -0.15) is 0 Å². The molecule has 0 saturated carbocycles. The quantitative estimate of drug-likeness (QED) is 0.637. The largest absolute Gasteiger partial charge is 0.326 e. The number of fused-ring (bicyclic) bond motifs is 2. The van der Waals surface area contributed by atoms with Crippen LogP contribution in [0.1, 0.15) is 60.3 Å². The molecule has 0 spiro atoms. The van der Waals surface area contributed by atoms with Crippen molar-refractivity contribution in [3.63, 3.8) is 0 Å². The van der Waals surface area contributed by atoms with Gasteiger partial charge in [0.1, 0.15) is 0 Å². The van der Waals surface area contributed by atoms with Crippen molar-refractivity contribution in [2.24, 2.45) is 0 Å². The van der Waals surface area contributed by atoms with Crippen LogP contribution >= 0.6 is 0 Å². The van der Waals surface area contributed by atoms with E-state index >= 15 is 0 Å². The van der Waals surface area contributed by atoms with Crippen LogP contribution in [0.2, 0.25) is 0 Å². The first-order valence-electron chi connectivity index (χ1n) is 9.12. The highest BCUT2D eigenvalue weighted by molar-refractivity contribution is 5.27. The third kappa shape index (κ3) is 3.45.